The van der Waals surface area contributed by atoms with Crippen LogP contribution in [0.5, 0.6) is 0 Å². The third kappa shape index (κ3) is 5.91. The highest BCUT2D eigenvalue weighted by Gasteiger charge is 2.07. The minimum atomic E-state index is -1.24. The van der Waals surface area contributed by atoms with Gasteiger partial charge in [0.1, 0.15) is 8.07 Å². The van der Waals surface area contributed by atoms with Crippen LogP contribution in [0.3, 0.4) is 0 Å². The summed E-state index contributed by atoms with van der Waals surface area (Å²) in [5.74, 6) is 3.32. The van der Waals surface area contributed by atoms with Crippen LogP contribution in [0, 0.1) is 11.5 Å². The van der Waals surface area contributed by atoms with Crippen LogP contribution in [0.4, 0.5) is 0 Å². The molecule has 0 heterocycles. The van der Waals surface area contributed by atoms with E-state index in [1.54, 1.807) is 0 Å². The fourth-order valence-corrected chi connectivity index (χ4v) is 2.91. The minimum Gasteiger partial charge on any atom is -0.132 e. The Morgan fingerprint density at radius 3 is 1.81 bits per heavy atom. The molecule has 2 aromatic carbocycles. The van der Waals surface area contributed by atoms with E-state index in [1.807, 2.05) is 0 Å². The predicted molar refractivity (Wildman–Crippen MR) is 98.2 cm³/mol. The normalized spacial score (nSPS) is 10.9. The molecule has 0 saturated heterocycles. The first-order chi connectivity index (χ1) is 9.92. The maximum Gasteiger partial charge on any atom is 0.129 e. The first-order valence-corrected chi connectivity index (χ1v) is 11.5. The molecule has 0 bridgehead atoms. The first-order valence-electron chi connectivity index (χ1n) is 7.25. The summed E-state index contributed by atoms with van der Waals surface area (Å²) in [6.07, 6.45) is 1.84. The molecule has 0 spiro atoms. The van der Waals surface area contributed by atoms with Crippen molar-refractivity contribution in [1.29, 1.82) is 0 Å². The van der Waals surface area contributed by atoms with Crippen molar-refractivity contribution in [3.05, 3.63) is 69.7 Å². The topological polar surface area (TPSA) is 0 Å². The Bertz CT molecular complexity index is 637. The fourth-order valence-electron chi connectivity index (χ4n) is 2.02. The van der Waals surface area contributed by atoms with Crippen molar-refractivity contribution < 1.29 is 0 Å². The van der Waals surface area contributed by atoms with E-state index in [-0.39, 0.29) is 0 Å². The average Bonchev–Trinajstić information content (AvgIpc) is 2.42. The summed E-state index contributed by atoms with van der Waals surface area (Å²) in [5.41, 5.74) is 7.40. The molecule has 0 aliphatic heterocycles. The van der Waals surface area contributed by atoms with Crippen molar-refractivity contribution in [3.63, 3.8) is 0 Å². The minimum absolute atomic E-state index is 0.864. The Balaban J connectivity index is 1.98. The Morgan fingerprint density at radius 2 is 1.29 bits per heavy atom. The summed E-state index contributed by atoms with van der Waals surface area (Å²) in [7, 11) is -1.24. The smallest absolute Gasteiger partial charge is 0.129 e. The molecular formula is C19H21BrSi. The van der Waals surface area contributed by atoms with Crippen molar-refractivity contribution >= 4 is 24.0 Å². The van der Waals surface area contributed by atoms with Crippen LogP contribution in [-0.2, 0) is 12.8 Å². The number of hydrogen-bond donors (Lipinski definition) is 0. The zero-order chi connectivity index (χ0) is 15.3. The molecule has 0 aliphatic rings. The van der Waals surface area contributed by atoms with Gasteiger partial charge in [0, 0.05) is 10.9 Å². The summed E-state index contributed by atoms with van der Waals surface area (Å²) in [6, 6.07) is 17.3. The van der Waals surface area contributed by atoms with Gasteiger partial charge in [-0.15, -0.1) is 11.5 Å². The van der Waals surface area contributed by atoms with Crippen LogP contribution >= 0.6 is 15.9 Å². The van der Waals surface area contributed by atoms with Crippen LogP contribution < -0.4 is 0 Å². The maximum absolute atomic E-state index is 3.47. The van der Waals surface area contributed by atoms with Crippen LogP contribution in [0.1, 0.15) is 16.7 Å². The van der Waals surface area contributed by atoms with Gasteiger partial charge in [-0.3, -0.25) is 0 Å². The van der Waals surface area contributed by atoms with E-state index in [2.05, 4.69) is 95.6 Å². The van der Waals surface area contributed by atoms with Crippen LogP contribution in [-0.4, -0.2) is 8.07 Å². The lowest BCUT2D eigenvalue weighted by Crippen LogP contribution is -2.16. The second-order valence-electron chi connectivity index (χ2n) is 6.35. The van der Waals surface area contributed by atoms with E-state index in [0.29, 0.717) is 0 Å². The van der Waals surface area contributed by atoms with Gasteiger partial charge in [-0.25, -0.2) is 0 Å². The molecule has 0 fully saturated rings. The van der Waals surface area contributed by atoms with Crippen LogP contribution in [0.15, 0.2) is 53.0 Å². The summed E-state index contributed by atoms with van der Waals surface area (Å²) in [6.45, 7) is 6.84. The van der Waals surface area contributed by atoms with E-state index >= 15 is 0 Å². The van der Waals surface area contributed by atoms with Gasteiger partial charge in [-0.05, 0) is 35.2 Å². The highest BCUT2D eigenvalue weighted by atomic mass is 79.9. The second kappa shape index (κ2) is 7.11. The zero-order valence-electron chi connectivity index (χ0n) is 12.9. The number of hydrogen-bond acceptors (Lipinski definition) is 0. The van der Waals surface area contributed by atoms with Crippen molar-refractivity contribution in [2.24, 2.45) is 0 Å². The number of halogens is 1. The van der Waals surface area contributed by atoms with Crippen LogP contribution in [0.25, 0.3) is 0 Å². The zero-order valence-corrected chi connectivity index (χ0v) is 15.5. The van der Waals surface area contributed by atoms with Gasteiger partial charge >= 0.3 is 0 Å². The molecule has 2 aromatic rings. The van der Waals surface area contributed by atoms with Crippen molar-refractivity contribution in [1.82, 2.24) is 0 Å². The molecule has 0 unspecified atom stereocenters. The summed E-state index contributed by atoms with van der Waals surface area (Å²) < 4.78 is 1.13. The molecule has 0 saturated carbocycles. The lowest BCUT2D eigenvalue weighted by molar-refractivity contribution is 1.18. The molecule has 0 atom stereocenters. The van der Waals surface area contributed by atoms with Gasteiger partial charge in [0.15, 0.2) is 0 Å². The molecule has 108 valence electrons. The lowest BCUT2D eigenvalue weighted by atomic mass is 10.0. The Labute approximate surface area is 137 Å². The van der Waals surface area contributed by atoms with E-state index in [9.17, 15) is 0 Å². The van der Waals surface area contributed by atoms with Gasteiger partial charge < -0.3 is 0 Å². The average molecular weight is 357 g/mol. The number of rotatable bonds is 3. The molecule has 2 heteroatoms. The molecule has 0 aliphatic carbocycles. The van der Waals surface area contributed by atoms with Crippen molar-refractivity contribution in [3.8, 4) is 11.5 Å². The standard InChI is InChI=1S/C19H21BrSi/c1-21(2,3)14-4-5-16-6-8-17(9-7-16)15-18-10-12-19(20)13-11-18/h6-13H,5,15H2,1-3H3. The van der Waals surface area contributed by atoms with Gasteiger partial charge in [0.05, 0.1) is 0 Å². The molecule has 21 heavy (non-hydrogen) atoms. The largest absolute Gasteiger partial charge is 0.132 e. The van der Waals surface area contributed by atoms with E-state index in [0.717, 1.165) is 17.3 Å². The highest BCUT2D eigenvalue weighted by molar-refractivity contribution is 9.10. The van der Waals surface area contributed by atoms with E-state index < -0.39 is 8.07 Å². The van der Waals surface area contributed by atoms with Gasteiger partial charge in [0.25, 0.3) is 0 Å². The lowest BCUT2D eigenvalue weighted by Gasteiger charge is -2.05. The second-order valence-corrected chi connectivity index (χ2v) is 12.0. The molecule has 2 rings (SSSR count). The summed E-state index contributed by atoms with van der Waals surface area (Å²) in [5, 5.41) is 0. The van der Waals surface area contributed by atoms with Gasteiger partial charge in [0.2, 0.25) is 0 Å². The predicted octanol–water partition coefficient (Wildman–Crippen LogP) is 5.46. The fraction of sp³-hybridized carbons (Fsp3) is 0.263. The third-order valence-electron chi connectivity index (χ3n) is 3.10. The van der Waals surface area contributed by atoms with Gasteiger partial charge in [-0.2, -0.15) is 0 Å². The van der Waals surface area contributed by atoms with E-state index in [1.165, 1.54) is 16.7 Å². The third-order valence-corrected chi connectivity index (χ3v) is 4.56. The highest BCUT2D eigenvalue weighted by Crippen LogP contribution is 2.15. The molecule has 0 aromatic heterocycles. The molecule has 0 N–H and O–H groups in total. The molecule has 0 radical (unpaired) electrons. The monoisotopic (exact) mass is 356 g/mol. The Morgan fingerprint density at radius 1 is 0.810 bits per heavy atom. The summed E-state index contributed by atoms with van der Waals surface area (Å²) in [4.78, 5) is 0. The van der Waals surface area contributed by atoms with E-state index in [4.69, 9.17) is 0 Å². The molecular weight excluding hydrogens is 336 g/mol. The SMILES string of the molecule is C[Si](C)(C)C#CCc1ccc(Cc2ccc(Br)cc2)cc1. The first kappa shape index (κ1) is 16.1. The quantitative estimate of drug-likeness (QED) is 0.505. The molecule has 0 nitrogen and oxygen atoms in total. The number of benzene rings is 2. The van der Waals surface area contributed by atoms with Gasteiger partial charge in [-0.1, -0.05) is 72.0 Å². The van der Waals surface area contributed by atoms with Crippen molar-refractivity contribution in [2.45, 2.75) is 32.5 Å². The summed E-state index contributed by atoms with van der Waals surface area (Å²) >= 11 is 3.47. The maximum atomic E-state index is 3.47. The van der Waals surface area contributed by atoms with Crippen LogP contribution in [0.2, 0.25) is 19.6 Å². The Kier molecular flexibility index (Phi) is 5.44. The molecule has 0 amide bonds. The van der Waals surface area contributed by atoms with Crippen molar-refractivity contribution in [2.75, 3.05) is 0 Å². The Hall–Kier alpha value is -1.30.